The first-order chi connectivity index (χ1) is 8.93. The fraction of sp³-hybridized carbons (Fsp3) is 0.562. The molecule has 104 valence electrons. The molecule has 1 heterocycles. The Morgan fingerprint density at radius 1 is 1.37 bits per heavy atom. The van der Waals surface area contributed by atoms with Gasteiger partial charge in [0.05, 0.1) is 5.41 Å². The molecule has 1 saturated heterocycles. The number of likely N-dealkylation sites (tertiary alicyclic amines) is 1. The van der Waals surface area contributed by atoms with Gasteiger partial charge in [0.25, 0.3) is 0 Å². The number of carbonyl (C=O) groups is 1. The van der Waals surface area contributed by atoms with Crippen molar-refractivity contribution in [3.8, 4) is 0 Å². The summed E-state index contributed by atoms with van der Waals surface area (Å²) < 4.78 is 0. The minimum absolute atomic E-state index is 0.130. The van der Waals surface area contributed by atoms with Crippen LogP contribution in [0.3, 0.4) is 0 Å². The number of hydrogen-bond donors (Lipinski definition) is 1. The van der Waals surface area contributed by atoms with Crippen LogP contribution in [-0.4, -0.2) is 29.9 Å². The summed E-state index contributed by atoms with van der Waals surface area (Å²) >= 11 is 0. The second-order valence-corrected chi connectivity index (χ2v) is 6.09. The highest BCUT2D eigenvalue weighted by molar-refractivity contribution is 5.88. The Hall–Kier alpha value is -1.35. The van der Waals surface area contributed by atoms with Gasteiger partial charge in [-0.25, -0.2) is 0 Å². The van der Waals surface area contributed by atoms with Crippen LogP contribution in [-0.2, 0) is 10.2 Å². The summed E-state index contributed by atoms with van der Waals surface area (Å²) in [4.78, 5) is 14.7. The van der Waals surface area contributed by atoms with Crippen molar-refractivity contribution >= 4 is 5.91 Å². The first kappa shape index (κ1) is 14.1. The zero-order chi connectivity index (χ0) is 14.0. The molecule has 1 aliphatic rings. The average molecular weight is 260 g/mol. The van der Waals surface area contributed by atoms with Gasteiger partial charge in [-0.3, -0.25) is 4.79 Å². The lowest BCUT2D eigenvalue weighted by molar-refractivity contribution is -0.137. The molecule has 0 spiro atoms. The molecule has 0 aliphatic carbocycles. The summed E-state index contributed by atoms with van der Waals surface area (Å²) in [5.41, 5.74) is 7.78. The van der Waals surface area contributed by atoms with Gasteiger partial charge in [0.1, 0.15) is 0 Å². The van der Waals surface area contributed by atoms with Crippen molar-refractivity contribution in [3.05, 3.63) is 35.4 Å². The third kappa shape index (κ3) is 2.81. The quantitative estimate of drug-likeness (QED) is 0.886. The highest BCUT2D eigenvalue weighted by atomic mass is 16.2. The van der Waals surface area contributed by atoms with E-state index in [0.717, 1.165) is 24.9 Å². The van der Waals surface area contributed by atoms with Gasteiger partial charge in [0.2, 0.25) is 5.91 Å². The fourth-order valence-corrected chi connectivity index (χ4v) is 2.98. The van der Waals surface area contributed by atoms with Crippen LogP contribution >= 0.6 is 0 Å². The largest absolute Gasteiger partial charge is 0.340 e. The third-order valence-corrected chi connectivity index (χ3v) is 4.10. The molecule has 3 heteroatoms. The second-order valence-electron chi connectivity index (χ2n) is 6.09. The highest BCUT2D eigenvalue weighted by Gasteiger charge is 2.36. The van der Waals surface area contributed by atoms with Crippen molar-refractivity contribution in [1.29, 1.82) is 0 Å². The number of carbonyl (C=O) groups excluding carboxylic acids is 1. The van der Waals surface area contributed by atoms with Crippen molar-refractivity contribution in [3.63, 3.8) is 0 Å². The maximum Gasteiger partial charge on any atom is 0.232 e. The van der Waals surface area contributed by atoms with Crippen LogP contribution in [0.2, 0.25) is 0 Å². The maximum atomic E-state index is 12.8. The highest BCUT2D eigenvalue weighted by Crippen LogP contribution is 2.29. The SMILES string of the molecule is Cc1ccccc1C(C)(C)C(=O)N1CCC[C@@H](N)C1. The zero-order valence-electron chi connectivity index (χ0n) is 12.1. The minimum Gasteiger partial charge on any atom is -0.340 e. The first-order valence-electron chi connectivity index (χ1n) is 7.04. The molecule has 1 aromatic rings. The number of amides is 1. The third-order valence-electron chi connectivity index (χ3n) is 4.10. The monoisotopic (exact) mass is 260 g/mol. The van der Waals surface area contributed by atoms with Gasteiger partial charge in [0, 0.05) is 19.1 Å². The molecule has 0 aromatic heterocycles. The lowest BCUT2D eigenvalue weighted by atomic mass is 9.80. The zero-order valence-corrected chi connectivity index (χ0v) is 12.1. The van der Waals surface area contributed by atoms with Gasteiger partial charge in [-0.05, 0) is 44.7 Å². The van der Waals surface area contributed by atoms with E-state index in [1.807, 2.05) is 30.9 Å². The van der Waals surface area contributed by atoms with Gasteiger partial charge >= 0.3 is 0 Å². The van der Waals surface area contributed by atoms with E-state index in [0.29, 0.717) is 6.54 Å². The van der Waals surface area contributed by atoms with Crippen molar-refractivity contribution in [2.75, 3.05) is 13.1 Å². The van der Waals surface area contributed by atoms with E-state index in [1.165, 1.54) is 5.56 Å². The number of piperidine rings is 1. The lowest BCUT2D eigenvalue weighted by Crippen LogP contribution is -2.51. The van der Waals surface area contributed by atoms with Crippen LogP contribution in [0.1, 0.15) is 37.8 Å². The molecule has 0 bridgehead atoms. The van der Waals surface area contributed by atoms with E-state index >= 15 is 0 Å². The summed E-state index contributed by atoms with van der Waals surface area (Å²) in [5, 5.41) is 0. The molecular weight excluding hydrogens is 236 g/mol. The van der Waals surface area contributed by atoms with Crippen molar-refractivity contribution < 1.29 is 4.79 Å². The molecule has 1 aliphatic heterocycles. The Bertz CT molecular complexity index is 468. The summed E-state index contributed by atoms with van der Waals surface area (Å²) in [6.07, 6.45) is 2.03. The van der Waals surface area contributed by atoms with Crippen molar-refractivity contribution in [2.45, 2.75) is 45.1 Å². The van der Waals surface area contributed by atoms with Crippen LogP contribution in [0, 0.1) is 6.92 Å². The van der Waals surface area contributed by atoms with Crippen LogP contribution in [0.5, 0.6) is 0 Å². The molecule has 3 nitrogen and oxygen atoms in total. The van der Waals surface area contributed by atoms with Gasteiger partial charge in [0.15, 0.2) is 0 Å². The average Bonchev–Trinajstić information content (AvgIpc) is 2.38. The Balaban J connectivity index is 2.24. The number of nitrogens with two attached hydrogens (primary N) is 1. The van der Waals surface area contributed by atoms with E-state index in [9.17, 15) is 4.79 Å². The molecule has 0 unspecified atom stereocenters. The van der Waals surface area contributed by atoms with E-state index in [1.54, 1.807) is 0 Å². The number of nitrogens with zero attached hydrogens (tertiary/aromatic N) is 1. The van der Waals surface area contributed by atoms with Crippen molar-refractivity contribution in [1.82, 2.24) is 4.90 Å². The van der Waals surface area contributed by atoms with Gasteiger partial charge in [-0.1, -0.05) is 24.3 Å². The number of hydrogen-bond acceptors (Lipinski definition) is 2. The van der Waals surface area contributed by atoms with Crippen LogP contribution < -0.4 is 5.73 Å². The first-order valence-corrected chi connectivity index (χ1v) is 7.04. The molecule has 1 atom stereocenters. The van der Waals surface area contributed by atoms with Gasteiger partial charge in [-0.15, -0.1) is 0 Å². The Labute approximate surface area is 115 Å². The lowest BCUT2D eigenvalue weighted by Gasteiger charge is -2.37. The second kappa shape index (κ2) is 5.33. The molecular formula is C16H24N2O. The molecule has 2 rings (SSSR count). The Morgan fingerprint density at radius 3 is 2.68 bits per heavy atom. The fourth-order valence-electron chi connectivity index (χ4n) is 2.98. The summed E-state index contributed by atoms with van der Waals surface area (Å²) in [6, 6.07) is 8.25. The van der Waals surface area contributed by atoms with Gasteiger partial charge < -0.3 is 10.6 Å². The molecule has 1 amide bonds. The Morgan fingerprint density at radius 2 is 2.05 bits per heavy atom. The maximum absolute atomic E-state index is 12.8. The van der Waals surface area contributed by atoms with E-state index in [2.05, 4.69) is 19.1 Å². The van der Waals surface area contributed by atoms with E-state index < -0.39 is 5.41 Å². The van der Waals surface area contributed by atoms with Crippen LogP contribution in [0.15, 0.2) is 24.3 Å². The predicted octanol–water partition coefficient (Wildman–Crippen LogP) is 2.22. The summed E-state index contributed by atoms with van der Waals surface area (Å²) in [7, 11) is 0. The predicted molar refractivity (Wildman–Crippen MR) is 78.0 cm³/mol. The van der Waals surface area contributed by atoms with Crippen molar-refractivity contribution in [2.24, 2.45) is 5.73 Å². The molecule has 2 N–H and O–H groups in total. The summed E-state index contributed by atoms with van der Waals surface area (Å²) in [6.45, 7) is 7.61. The van der Waals surface area contributed by atoms with Crippen LogP contribution in [0.4, 0.5) is 0 Å². The topological polar surface area (TPSA) is 46.3 Å². The molecule has 0 radical (unpaired) electrons. The Kier molecular flexibility index (Phi) is 3.95. The van der Waals surface area contributed by atoms with E-state index in [-0.39, 0.29) is 11.9 Å². The molecule has 1 aromatic carbocycles. The number of aryl methyl sites for hydroxylation is 1. The van der Waals surface area contributed by atoms with Crippen LogP contribution in [0.25, 0.3) is 0 Å². The minimum atomic E-state index is -0.484. The number of benzene rings is 1. The standard InChI is InChI=1S/C16H24N2O/c1-12-7-4-5-9-14(12)16(2,3)15(19)18-10-6-8-13(17)11-18/h4-5,7,9,13H,6,8,10-11,17H2,1-3H3/t13-/m1/s1. The number of rotatable bonds is 2. The van der Waals surface area contributed by atoms with E-state index in [4.69, 9.17) is 5.73 Å². The smallest absolute Gasteiger partial charge is 0.232 e. The normalized spacial score (nSPS) is 20.4. The summed E-state index contributed by atoms with van der Waals surface area (Å²) in [5.74, 6) is 0.192. The van der Waals surface area contributed by atoms with Gasteiger partial charge in [-0.2, -0.15) is 0 Å². The molecule has 0 saturated carbocycles. The molecule has 1 fully saturated rings. The molecule has 19 heavy (non-hydrogen) atoms.